The Morgan fingerprint density at radius 3 is 2.48 bits per heavy atom. The summed E-state index contributed by atoms with van der Waals surface area (Å²) in [5, 5.41) is 8.72. The Kier molecular flexibility index (Phi) is 3.76. The van der Waals surface area contributed by atoms with E-state index in [2.05, 4.69) is 4.40 Å². The number of sulfonamides is 1. The van der Waals surface area contributed by atoms with Crippen molar-refractivity contribution >= 4 is 27.7 Å². The first-order chi connectivity index (χ1) is 9.83. The summed E-state index contributed by atoms with van der Waals surface area (Å²) in [5.41, 5.74) is -0.602. The van der Waals surface area contributed by atoms with Gasteiger partial charge in [0, 0.05) is 12.1 Å². The van der Waals surface area contributed by atoms with Gasteiger partial charge < -0.3 is 14.6 Å². The maximum Gasteiger partial charge on any atom is 0.363 e. The lowest BCUT2D eigenvalue weighted by Gasteiger charge is -2.04. The minimum atomic E-state index is -4.36. The van der Waals surface area contributed by atoms with E-state index in [4.69, 9.17) is 14.6 Å². The number of hydrogen-bond acceptors (Lipinski definition) is 6. The van der Waals surface area contributed by atoms with Crippen LogP contribution in [0.25, 0.3) is 0 Å². The zero-order valence-corrected chi connectivity index (χ0v) is 11.5. The number of methoxy groups -OCH3 is 1. The third-order valence-electron chi connectivity index (χ3n) is 2.44. The van der Waals surface area contributed by atoms with Crippen molar-refractivity contribution in [2.45, 2.75) is 0 Å². The summed E-state index contributed by atoms with van der Waals surface area (Å²) in [6, 6.07) is 6.04. The number of carboxylic acid groups (broad SMARTS) is 1. The van der Waals surface area contributed by atoms with Crippen LogP contribution < -0.4 is 9.47 Å². The smallest absolute Gasteiger partial charge is 0.363 e. The lowest BCUT2D eigenvalue weighted by Crippen LogP contribution is -2.17. The highest BCUT2D eigenvalue weighted by Crippen LogP contribution is 2.21. The van der Waals surface area contributed by atoms with Crippen molar-refractivity contribution in [2.24, 2.45) is 4.40 Å². The number of rotatable bonds is 4. The summed E-state index contributed by atoms with van der Waals surface area (Å²) in [6.07, 6.45) is 0.653. The molecule has 1 aliphatic heterocycles. The lowest BCUT2D eigenvalue weighted by molar-refractivity contribution is -0.131. The van der Waals surface area contributed by atoms with E-state index in [9.17, 15) is 18.0 Å². The van der Waals surface area contributed by atoms with E-state index in [0.29, 0.717) is 11.8 Å². The monoisotopic (exact) mass is 311 g/mol. The third kappa shape index (κ3) is 3.08. The first-order valence-corrected chi connectivity index (χ1v) is 6.93. The Balaban J connectivity index is 2.24. The summed E-state index contributed by atoms with van der Waals surface area (Å²) >= 11 is 0. The van der Waals surface area contributed by atoms with Crippen LogP contribution >= 0.6 is 0 Å². The van der Waals surface area contributed by atoms with Gasteiger partial charge in [-0.3, -0.25) is 0 Å². The van der Waals surface area contributed by atoms with E-state index in [1.807, 2.05) is 0 Å². The first kappa shape index (κ1) is 14.7. The molecule has 9 heteroatoms. The number of ether oxygens (including phenoxy) is 2. The highest BCUT2D eigenvalue weighted by atomic mass is 32.2. The van der Waals surface area contributed by atoms with Gasteiger partial charge in [0.05, 0.1) is 7.11 Å². The van der Waals surface area contributed by atoms with Crippen LogP contribution in [0, 0.1) is 0 Å². The van der Waals surface area contributed by atoms with E-state index in [1.54, 1.807) is 12.1 Å². The van der Waals surface area contributed by atoms with Crippen LogP contribution in [0.3, 0.4) is 0 Å². The van der Waals surface area contributed by atoms with Crippen molar-refractivity contribution in [1.29, 1.82) is 0 Å². The molecular formula is C12H9NO7S. The summed E-state index contributed by atoms with van der Waals surface area (Å²) in [4.78, 5) is 21.5. The normalized spacial score (nSPS) is 15.9. The fourth-order valence-corrected chi connectivity index (χ4v) is 2.46. The van der Waals surface area contributed by atoms with E-state index in [1.165, 1.54) is 19.2 Å². The molecule has 1 heterocycles. The number of carbonyl (C=O) groups excluding carboxylic acids is 1. The maximum absolute atomic E-state index is 11.8. The minimum absolute atomic E-state index is 0.108. The Labute approximate surface area is 119 Å². The summed E-state index contributed by atoms with van der Waals surface area (Å²) in [5.74, 6) is -2.23. The van der Waals surface area contributed by atoms with E-state index >= 15 is 0 Å². The molecule has 0 saturated heterocycles. The van der Waals surface area contributed by atoms with E-state index in [-0.39, 0.29) is 5.75 Å². The minimum Gasteiger partial charge on any atom is -0.497 e. The van der Waals surface area contributed by atoms with Gasteiger partial charge in [0.15, 0.2) is 10.6 Å². The lowest BCUT2D eigenvalue weighted by atomic mass is 10.3. The van der Waals surface area contributed by atoms with Crippen LogP contribution in [-0.2, 0) is 19.6 Å². The average Bonchev–Trinajstić information content (AvgIpc) is 2.75. The van der Waals surface area contributed by atoms with Crippen molar-refractivity contribution in [3.8, 4) is 11.5 Å². The first-order valence-electron chi connectivity index (χ1n) is 5.49. The molecular weight excluding hydrogens is 302 g/mol. The number of carbonyl (C=O) groups is 2. The Morgan fingerprint density at radius 1 is 1.24 bits per heavy atom. The standard InChI is InChI=1S/C12H9NO7S/c1-19-7-3-2-4-8(5-7)20-12(16)9-6-10(11(14)15)21(17,18)13-9/h2-6H,1H3,(H,14,15). The molecule has 0 fully saturated rings. The molecule has 21 heavy (non-hydrogen) atoms. The van der Waals surface area contributed by atoms with E-state index in [0.717, 1.165) is 0 Å². The zero-order valence-electron chi connectivity index (χ0n) is 10.6. The van der Waals surface area contributed by atoms with Gasteiger partial charge in [0.1, 0.15) is 11.5 Å². The Bertz CT molecular complexity index is 777. The van der Waals surface area contributed by atoms with Crippen molar-refractivity contribution in [1.82, 2.24) is 0 Å². The van der Waals surface area contributed by atoms with Crippen LogP contribution in [-0.4, -0.2) is 38.3 Å². The highest BCUT2D eigenvalue weighted by Gasteiger charge is 2.33. The molecule has 0 amide bonds. The van der Waals surface area contributed by atoms with Crippen molar-refractivity contribution in [3.63, 3.8) is 0 Å². The van der Waals surface area contributed by atoms with Gasteiger partial charge >= 0.3 is 11.9 Å². The molecule has 2 rings (SSSR count). The molecule has 0 saturated carbocycles. The van der Waals surface area contributed by atoms with Crippen LogP contribution in [0.2, 0.25) is 0 Å². The van der Waals surface area contributed by atoms with E-state index < -0.39 is 32.6 Å². The topological polar surface area (TPSA) is 119 Å². The molecule has 1 aliphatic rings. The number of carboxylic acids is 1. The van der Waals surface area contributed by atoms with Crippen molar-refractivity contribution in [2.75, 3.05) is 7.11 Å². The number of nitrogens with zero attached hydrogens (tertiary/aromatic N) is 1. The fraction of sp³-hybridized carbons (Fsp3) is 0.0833. The molecule has 110 valence electrons. The molecule has 0 bridgehead atoms. The van der Waals surface area contributed by atoms with Gasteiger partial charge in [-0.25, -0.2) is 9.59 Å². The van der Waals surface area contributed by atoms with Gasteiger partial charge in [-0.2, -0.15) is 12.8 Å². The molecule has 1 aromatic rings. The van der Waals surface area contributed by atoms with Gasteiger partial charge in [-0.05, 0) is 12.1 Å². The Morgan fingerprint density at radius 2 is 1.90 bits per heavy atom. The van der Waals surface area contributed by atoms with Gasteiger partial charge in [-0.1, -0.05) is 6.07 Å². The second-order valence-electron chi connectivity index (χ2n) is 3.83. The molecule has 0 atom stereocenters. The SMILES string of the molecule is COc1cccc(OC(=O)C2=NS(=O)(=O)C(C(=O)O)=C2)c1. The average molecular weight is 311 g/mol. The number of benzene rings is 1. The number of hydrogen-bond donors (Lipinski definition) is 1. The molecule has 0 unspecified atom stereocenters. The molecule has 0 aliphatic carbocycles. The second kappa shape index (κ2) is 5.37. The molecule has 1 N–H and O–H groups in total. The van der Waals surface area contributed by atoms with Gasteiger partial charge in [-0.15, -0.1) is 0 Å². The molecule has 1 aromatic carbocycles. The van der Waals surface area contributed by atoms with Crippen molar-refractivity contribution < 1.29 is 32.6 Å². The van der Waals surface area contributed by atoms with Crippen LogP contribution in [0.1, 0.15) is 0 Å². The second-order valence-corrected chi connectivity index (χ2v) is 5.41. The maximum atomic E-state index is 11.8. The Hall–Kier alpha value is -2.68. The summed E-state index contributed by atoms with van der Waals surface area (Å²) < 4.78 is 35.7. The quantitative estimate of drug-likeness (QED) is 0.629. The van der Waals surface area contributed by atoms with Crippen LogP contribution in [0.5, 0.6) is 11.5 Å². The van der Waals surface area contributed by atoms with Crippen LogP contribution in [0.15, 0.2) is 39.6 Å². The third-order valence-corrected chi connectivity index (χ3v) is 3.72. The number of esters is 1. The molecule has 0 radical (unpaired) electrons. The summed E-state index contributed by atoms with van der Waals surface area (Å²) in [6.45, 7) is 0. The predicted octanol–water partition coefficient (Wildman–Crippen LogP) is 0.353. The molecule has 8 nitrogen and oxygen atoms in total. The van der Waals surface area contributed by atoms with Gasteiger partial charge in [0.25, 0.3) is 10.0 Å². The van der Waals surface area contributed by atoms with Crippen molar-refractivity contribution in [3.05, 3.63) is 35.2 Å². The van der Waals surface area contributed by atoms with Gasteiger partial charge in [0.2, 0.25) is 0 Å². The largest absolute Gasteiger partial charge is 0.497 e. The number of aliphatic carboxylic acids is 1. The fourth-order valence-electron chi connectivity index (χ4n) is 1.50. The van der Waals surface area contributed by atoms with Crippen LogP contribution in [0.4, 0.5) is 0 Å². The summed E-state index contributed by atoms with van der Waals surface area (Å²) in [7, 11) is -2.93. The molecule has 0 aromatic heterocycles. The highest BCUT2D eigenvalue weighted by molar-refractivity contribution is 7.95. The molecule has 0 spiro atoms. The zero-order chi connectivity index (χ0) is 15.6. The predicted molar refractivity (Wildman–Crippen MR) is 70.7 cm³/mol.